The molecule has 158 valence electrons. The molecule has 31 heavy (non-hydrogen) atoms. The maximum atomic E-state index is 14.7. The number of nitrogens with zero attached hydrogens (tertiary/aromatic N) is 1. The zero-order chi connectivity index (χ0) is 22.1. The molecule has 1 unspecified atom stereocenters. The van der Waals surface area contributed by atoms with Gasteiger partial charge in [0.2, 0.25) is 0 Å². The molecule has 0 saturated carbocycles. The van der Waals surface area contributed by atoms with Gasteiger partial charge in [0.05, 0.1) is 23.7 Å². The Bertz CT molecular complexity index is 1390. The molecule has 9 heteroatoms. The highest BCUT2D eigenvalue weighted by Gasteiger charge is 2.21. The number of benzene rings is 2. The third-order valence-corrected chi connectivity index (χ3v) is 5.72. The number of aromatic amines is 1. The molecule has 0 aliphatic rings. The SMILES string of the molecule is COC(=O)c1scc2[nH]c(=O)n(-c3cc(OC(C)c4ccccc4)ccc3F)c(=O)c12. The van der Waals surface area contributed by atoms with Gasteiger partial charge in [0.1, 0.15) is 22.5 Å². The van der Waals surface area contributed by atoms with E-state index in [1.165, 1.54) is 24.6 Å². The summed E-state index contributed by atoms with van der Waals surface area (Å²) in [5.74, 6) is -1.23. The number of rotatable bonds is 5. The van der Waals surface area contributed by atoms with Crippen molar-refractivity contribution in [2.75, 3.05) is 7.11 Å². The number of halogens is 1. The van der Waals surface area contributed by atoms with E-state index in [9.17, 15) is 18.8 Å². The zero-order valence-corrected chi connectivity index (χ0v) is 17.4. The Kier molecular flexibility index (Phi) is 5.43. The standard InChI is InChI=1S/C22H17FN2O5S/c1-12(13-6-4-3-5-7-13)30-14-8-9-15(23)17(10-14)25-20(26)18-16(24-22(25)28)11-31-19(18)21(27)29-2/h3-12H,1-2H3,(H,24,28). The fourth-order valence-electron chi connectivity index (χ4n) is 3.23. The lowest BCUT2D eigenvalue weighted by molar-refractivity contribution is 0.0608. The molecule has 0 fully saturated rings. The van der Waals surface area contributed by atoms with Gasteiger partial charge in [-0.25, -0.2) is 18.5 Å². The molecular weight excluding hydrogens is 423 g/mol. The molecular formula is C22H17FN2O5S. The molecule has 4 aromatic rings. The summed E-state index contributed by atoms with van der Waals surface area (Å²) in [6, 6.07) is 13.2. The van der Waals surface area contributed by atoms with Gasteiger partial charge in [-0.3, -0.25) is 4.79 Å². The molecule has 0 saturated heterocycles. The van der Waals surface area contributed by atoms with E-state index < -0.39 is 23.0 Å². The van der Waals surface area contributed by atoms with E-state index >= 15 is 0 Å². The summed E-state index contributed by atoms with van der Waals surface area (Å²) in [6.07, 6.45) is -0.347. The van der Waals surface area contributed by atoms with Crippen LogP contribution in [0, 0.1) is 5.82 Å². The van der Waals surface area contributed by atoms with Crippen molar-refractivity contribution in [2.45, 2.75) is 13.0 Å². The van der Waals surface area contributed by atoms with Gasteiger partial charge in [-0.1, -0.05) is 30.3 Å². The molecule has 2 aromatic heterocycles. The Morgan fingerprint density at radius 2 is 1.90 bits per heavy atom. The Hall–Kier alpha value is -3.72. The lowest BCUT2D eigenvalue weighted by atomic mass is 10.1. The minimum atomic E-state index is -0.834. The highest BCUT2D eigenvalue weighted by molar-refractivity contribution is 7.13. The van der Waals surface area contributed by atoms with Crippen LogP contribution in [0.25, 0.3) is 16.6 Å². The molecule has 0 bridgehead atoms. The maximum Gasteiger partial charge on any atom is 0.348 e. The van der Waals surface area contributed by atoms with E-state index in [-0.39, 0.29) is 33.3 Å². The van der Waals surface area contributed by atoms with Crippen LogP contribution < -0.4 is 16.0 Å². The van der Waals surface area contributed by atoms with Crippen LogP contribution >= 0.6 is 11.3 Å². The van der Waals surface area contributed by atoms with E-state index in [1.54, 1.807) is 0 Å². The second-order valence-electron chi connectivity index (χ2n) is 6.70. The van der Waals surface area contributed by atoms with E-state index in [0.717, 1.165) is 23.0 Å². The van der Waals surface area contributed by atoms with Crippen LogP contribution in [0.1, 0.15) is 28.3 Å². The molecule has 1 atom stereocenters. The van der Waals surface area contributed by atoms with E-state index in [4.69, 9.17) is 9.47 Å². The average molecular weight is 440 g/mol. The number of aromatic nitrogens is 2. The summed E-state index contributed by atoms with van der Waals surface area (Å²) in [4.78, 5) is 40.2. The van der Waals surface area contributed by atoms with Crippen molar-refractivity contribution in [3.8, 4) is 11.4 Å². The fraction of sp³-hybridized carbons (Fsp3) is 0.136. The van der Waals surface area contributed by atoms with Crippen LogP contribution in [0.5, 0.6) is 5.75 Å². The maximum absolute atomic E-state index is 14.7. The monoisotopic (exact) mass is 440 g/mol. The number of carbonyl (C=O) groups excluding carboxylic acids is 1. The van der Waals surface area contributed by atoms with Gasteiger partial charge >= 0.3 is 11.7 Å². The minimum absolute atomic E-state index is 0.0259. The number of esters is 1. The molecule has 0 aliphatic heterocycles. The molecule has 4 rings (SSSR count). The van der Waals surface area contributed by atoms with Gasteiger partial charge in [0.15, 0.2) is 0 Å². The Morgan fingerprint density at radius 1 is 1.16 bits per heavy atom. The van der Waals surface area contributed by atoms with Crippen molar-refractivity contribution < 1.29 is 18.7 Å². The Labute approximate surface area is 179 Å². The number of fused-ring (bicyclic) bond motifs is 1. The first-order valence-electron chi connectivity index (χ1n) is 9.27. The molecule has 0 radical (unpaired) electrons. The van der Waals surface area contributed by atoms with Gasteiger partial charge in [0.25, 0.3) is 5.56 Å². The van der Waals surface area contributed by atoms with Gasteiger partial charge < -0.3 is 14.5 Å². The van der Waals surface area contributed by atoms with Crippen LogP contribution in [-0.2, 0) is 4.74 Å². The summed E-state index contributed by atoms with van der Waals surface area (Å²) < 4.78 is 25.9. The third-order valence-electron chi connectivity index (χ3n) is 4.76. The number of carbonyl (C=O) groups is 1. The van der Waals surface area contributed by atoms with Gasteiger partial charge in [0, 0.05) is 11.4 Å². The smallest absolute Gasteiger partial charge is 0.348 e. The molecule has 2 heterocycles. The molecule has 0 amide bonds. The molecule has 0 spiro atoms. The lowest BCUT2D eigenvalue weighted by Gasteiger charge is -2.16. The van der Waals surface area contributed by atoms with Crippen LogP contribution in [0.15, 0.2) is 63.5 Å². The third kappa shape index (κ3) is 3.75. The largest absolute Gasteiger partial charge is 0.486 e. The molecule has 2 aromatic carbocycles. The Morgan fingerprint density at radius 3 is 2.61 bits per heavy atom. The first-order chi connectivity index (χ1) is 14.9. The average Bonchev–Trinajstić information content (AvgIpc) is 3.20. The van der Waals surface area contributed by atoms with E-state index in [2.05, 4.69) is 4.98 Å². The van der Waals surface area contributed by atoms with Crippen molar-refractivity contribution in [2.24, 2.45) is 0 Å². The second kappa shape index (κ2) is 8.19. The highest BCUT2D eigenvalue weighted by Crippen LogP contribution is 2.26. The number of thiophene rings is 1. The van der Waals surface area contributed by atoms with Crippen LogP contribution in [-0.4, -0.2) is 22.6 Å². The van der Waals surface area contributed by atoms with Crippen molar-refractivity contribution in [1.29, 1.82) is 0 Å². The second-order valence-corrected chi connectivity index (χ2v) is 7.58. The number of methoxy groups -OCH3 is 1. The van der Waals surface area contributed by atoms with Crippen LogP contribution in [0.4, 0.5) is 4.39 Å². The number of hydrogen-bond donors (Lipinski definition) is 1. The van der Waals surface area contributed by atoms with Crippen LogP contribution in [0.3, 0.4) is 0 Å². The molecule has 1 N–H and O–H groups in total. The fourth-order valence-corrected chi connectivity index (χ4v) is 4.14. The number of H-pyrrole nitrogens is 1. The van der Waals surface area contributed by atoms with Crippen molar-refractivity contribution in [3.63, 3.8) is 0 Å². The predicted octanol–water partition coefficient (Wildman–Crippen LogP) is 3.81. The van der Waals surface area contributed by atoms with Gasteiger partial charge in [-0.05, 0) is 24.6 Å². The zero-order valence-electron chi connectivity index (χ0n) is 16.5. The van der Waals surface area contributed by atoms with Crippen molar-refractivity contribution in [3.05, 3.63) is 91.0 Å². The van der Waals surface area contributed by atoms with Crippen molar-refractivity contribution in [1.82, 2.24) is 9.55 Å². The minimum Gasteiger partial charge on any atom is -0.486 e. The molecule has 7 nitrogen and oxygen atoms in total. The quantitative estimate of drug-likeness (QED) is 0.477. The molecule has 0 aliphatic carbocycles. The van der Waals surface area contributed by atoms with Crippen LogP contribution in [0.2, 0.25) is 0 Å². The van der Waals surface area contributed by atoms with Gasteiger partial charge in [-0.15, -0.1) is 11.3 Å². The summed E-state index contributed by atoms with van der Waals surface area (Å²) in [6.45, 7) is 1.83. The summed E-state index contributed by atoms with van der Waals surface area (Å²) in [7, 11) is 1.19. The van der Waals surface area contributed by atoms with Crippen molar-refractivity contribution >= 4 is 28.2 Å². The first-order valence-corrected chi connectivity index (χ1v) is 10.1. The summed E-state index contributed by atoms with van der Waals surface area (Å²) in [5.41, 5.74) is -0.854. The summed E-state index contributed by atoms with van der Waals surface area (Å²) in [5, 5.41) is 1.42. The topological polar surface area (TPSA) is 90.4 Å². The summed E-state index contributed by atoms with van der Waals surface area (Å²) >= 11 is 0.959. The van der Waals surface area contributed by atoms with E-state index in [1.807, 2.05) is 37.3 Å². The van der Waals surface area contributed by atoms with E-state index in [0.29, 0.717) is 4.57 Å². The number of nitrogens with one attached hydrogen (secondary N) is 1. The first kappa shape index (κ1) is 20.5. The number of hydrogen-bond acceptors (Lipinski definition) is 6. The lowest BCUT2D eigenvalue weighted by Crippen LogP contribution is -2.34. The van der Waals surface area contributed by atoms with Gasteiger partial charge in [-0.2, -0.15) is 0 Å². The predicted molar refractivity (Wildman–Crippen MR) is 115 cm³/mol. The Balaban J connectivity index is 1.83. The normalized spacial score (nSPS) is 12.0. The highest BCUT2D eigenvalue weighted by atomic mass is 32.1. The number of ether oxygens (including phenoxy) is 2.